The molecular weight excluding hydrogens is 134 g/mol. The number of hydrogen-bond acceptors (Lipinski definition) is 1. The highest BCUT2D eigenvalue weighted by molar-refractivity contribution is 5.00. The SMILES string of the molecule is CC1CC2CC=CN(C)C2C1. The fourth-order valence-electron chi connectivity index (χ4n) is 2.64. The van der Waals surface area contributed by atoms with Gasteiger partial charge in [-0.2, -0.15) is 0 Å². The van der Waals surface area contributed by atoms with Crippen molar-refractivity contribution in [1.29, 1.82) is 0 Å². The number of allylic oxidation sites excluding steroid dienone is 1. The first kappa shape index (κ1) is 7.20. The zero-order chi connectivity index (χ0) is 7.84. The van der Waals surface area contributed by atoms with Gasteiger partial charge in [0.1, 0.15) is 0 Å². The van der Waals surface area contributed by atoms with E-state index < -0.39 is 0 Å². The third-order valence-corrected chi connectivity index (χ3v) is 3.20. The van der Waals surface area contributed by atoms with E-state index in [1.807, 2.05) is 0 Å². The second-order valence-electron chi connectivity index (χ2n) is 4.19. The molecule has 2 aliphatic rings. The molecule has 0 aromatic rings. The Labute approximate surface area is 69.1 Å². The second-order valence-corrected chi connectivity index (χ2v) is 4.19. The highest BCUT2D eigenvalue weighted by atomic mass is 15.1. The van der Waals surface area contributed by atoms with E-state index >= 15 is 0 Å². The fourth-order valence-corrected chi connectivity index (χ4v) is 2.64. The maximum atomic E-state index is 2.40. The van der Waals surface area contributed by atoms with Crippen LogP contribution in [0.3, 0.4) is 0 Å². The van der Waals surface area contributed by atoms with Crippen LogP contribution in [0.2, 0.25) is 0 Å². The molecule has 0 saturated heterocycles. The van der Waals surface area contributed by atoms with E-state index in [0.29, 0.717) is 0 Å². The van der Waals surface area contributed by atoms with Crippen molar-refractivity contribution in [2.75, 3.05) is 7.05 Å². The minimum absolute atomic E-state index is 0.856. The quantitative estimate of drug-likeness (QED) is 0.513. The van der Waals surface area contributed by atoms with Crippen LogP contribution in [0.25, 0.3) is 0 Å². The van der Waals surface area contributed by atoms with Crippen molar-refractivity contribution in [3.05, 3.63) is 12.3 Å². The van der Waals surface area contributed by atoms with Gasteiger partial charge in [-0.05, 0) is 37.3 Å². The molecule has 1 aliphatic carbocycles. The van der Waals surface area contributed by atoms with Gasteiger partial charge < -0.3 is 4.90 Å². The summed E-state index contributed by atoms with van der Waals surface area (Å²) in [5, 5.41) is 0. The van der Waals surface area contributed by atoms with Gasteiger partial charge in [0.15, 0.2) is 0 Å². The maximum absolute atomic E-state index is 2.40. The van der Waals surface area contributed by atoms with Gasteiger partial charge in [-0.25, -0.2) is 0 Å². The van der Waals surface area contributed by atoms with E-state index in [1.165, 1.54) is 19.3 Å². The zero-order valence-corrected chi connectivity index (χ0v) is 7.46. The van der Waals surface area contributed by atoms with E-state index in [2.05, 4.69) is 31.1 Å². The summed E-state index contributed by atoms with van der Waals surface area (Å²) in [6, 6.07) is 0.856. The van der Waals surface area contributed by atoms with Crippen LogP contribution < -0.4 is 0 Å². The fraction of sp³-hybridized carbons (Fsp3) is 0.800. The smallest absolute Gasteiger partial charge is 0.0314 e. The van der Waals surface area contributed by atoms with Crippen LogP contribution in [0.15, 0.2) is 12.3 Å². The molecule has 3 unspecified atom stereocenters. The Morgan fingerprint density at radius 2 is 2.18 bits per heavy atom. The van der Waals surface area contributed by atoms with Crippen LogP contribution in [0, 0.1) is 11.8 Å². The molecule has 0 bridgehead atoms. The van der Waals surface area contributed by atoms with Gasteiger partial charge in [0.2, 0.25) is 0 Å². The summed E-state index contributed by atoms with van der Waals surface area (Å²) in [5.74, 6) is 1.91. The molecule has 11 heavy (non-hydrogen) atoms. The van der Waals surface area contributed by atoms with Crippen molar-refractivity contribution in [2.24, 2.45) is 11.8 Å². The normalized spacial score (nSPS) is 42.7. The molecule has 1 nitrogen and oxygen atoms in total. The summed E-state index contributed by atoms with van der Waals surface area (Å²) in [4.78, 5) is 2.40. The summed E-state index contributed by atoms with van der Waals surface area (Å²) >= 11 is 0. The zero-order valence-electron chi connectivity index (χ0n) is 7.46. The first-order chi connectivity index (χ1) is 5.27. The lowest BCUT2D eigenvalue weighted by molar-refractivity contribution is 0.248. The molecule has 62 valence electrons. The largest absolute Gasteiger partial charge is 0.377 e. The van der Waals surface area contributed by atoms with Crippen molar-refractivity contribution in [1.82, 2.24) is 4.90 Å². The highest BCUT2D eigenvalue weighted by Gasteiger charge is 2.34. The third kappa shape index (κ3) is 1.17. The molecule has 0 amide bonds. The Bertz CT molecular complexity index is 174. The number of hydrogen-bond donors (Lipinski definition) is 0. The predicted octanol–water partition coefficient (Wildman–Crippen LogP) is 2.25. The molecule has 0 N–H and O–H groups in total. The van der Waals surface area contributed by atoms with Crippen molar-refractivity contribution >= 4 is 0 Å². The average Bonchev–Trinajstić information content (AvgIpc) is 2.31. The van der Waals surface area contributed by atoms with Crippen molar-refractivity contribution < 1.29 is 0 Å². The predicted molar refractivity (Wildman–Crippen MR) is 47.2 cm³/mol. The Kier molecular flexibility index (Phi) is 1.67. The second kappa shape index (κ2) is 2.54. The Morgan fingerprint density at radius 1 is 1.36 bits per heavy atom. The minimum Gasteiger partial charge on any atom is -0.377 e. The molecular formula is C10H17N. The van der Waals surface area contributed by atoms with Gasteiger partial charge in [0, 0.05) is 13.1 Å². The van der Waals surface area contributed by atoms with Gasteiger partial charge in [-0.15, -0.1) is 0 Å². The summed E-state index contributed by atoms with van der Waals surface area (Å²) in [6.07, 6.45) is 8.74. The Hall–Kier alpha value is -0.460. The van der Waals surface area contributed by atoms with Gasteiger partial charge in [0.25, 0.3) is 0 Å². The molecule has 2 rings (SSSR count). The summed E-state index contributed by atoms with van der Waals surface area (Å²) < 4.78 is 0. The van der Waals surface area contributed by atoms with Crippen LogP contribution >= 0.6 is 0 Å². The van der Waals surface area contributed by atoms with Crippen LogP contribution in [0.1, 0.15) is 26.2 Å². The van der Waals surface area contributed by atoms with E-state index in [1.54, 1.807) is 0 Å². The lowest BCUT2D eigenvalue weighted by atomic mass is 9.96. The van der Waals surface area contributed by atoms with Crippen molar-refractivity contribution in [2.45, 2.75) is 32.2 Å². The highest BCUT2D eigenvalue weighted by Crippen LogP contribution is 2.38. The first-order valence-corrected chi connectivity index (χ1v) is 4.66. The van der Waals surface area contributed by atoms with Crippen LogP contribution in [0.4, 0.5) is 0 Å². The molecule has 0 aromatic heterocycles. The van der Waals surface area contributed by atoms with Gasteiger partial charge in [-0.3, -0.25) is 0 Å². The van der Waals surface area contributed by atoms with E-state index in [0.717, 1.165) is 17.9 Å². The lowest BCUT2D eigenvalue weighted by Gasteiger charge is -2.31. The van der Waals surface area contributed by atoms with Gasteiger partial charge >= 0.3 is 0 Å². The Balaban J connectivity index is 2.11. The summed E-state index contributed by atoms with van der Waals surface area (Å²) in [5.41, 5.74) is 0. The lowest BCUT2D eigenvalue weighted by Crippen LogP contribution is -2.32. The Morgan fingerprint density at radius 3 is 2.91 bits per heavy atom. The van der Waals surface area contributed by atoms with E-state index in [9.17, 15) is 0 Å². The molecule has 1 aliphatic heterocycles. The van der Waals surface area contributed by atoms with Crippen molar-refractivity contribution in [3.63, 3.8) is 0 Å². The van der Waals surface area contributed by atoms with Gasteiger partial charge in [-0.1, -0.05) is 13.0 Å². The monoisotopic (exact) mass is 151 g/mol. The third-order valence-electron chi connectivity index (χ3n) is 3.20. The topological polar surface area (TPSA) is 3.24 Å². The summed E-state index contributed by atoms with van der Waals surface area (Å²) in [7, 11) is 2.21. The van der Waals surface area contributed by atoms with E-state index in [4.69, 9.17) is 0 Å². The van der Waals surface area contributed by atoms with Crippen LogP contribution in [0.5, 0.6) is 0 Å². The molecule has 1 heterocycles. The molecule has 1 fully saturated rings. The first-order valence-electron chi connectivity index (χ1n) is 4.66. The standard InChI is InChI=1S/C10H17N/c1-8-6-9-4-3-5-11(2)10(9)7-8/h3,5,8-10H,4,6-7H2,1-2H3. The molecule has 3 atom stereocenters. The van der Waals surface area contributed by atoms with Crippen molar-refractivity contribution in [3.8, 4) is 0 Å². The summed E-state index contributed by atoms with van der Waals surface area (Å²) in [6.45, 7) is 2.38. The van der Waals surface area contributed by atoms with Crippen LogP contribution in [-0.4, -0.2) is 18.0 Å². The van der Waals surface area contributed by atoms with Crippen LogP contribution in [-0.2, 0) is 0 Å². The van der Waals surface area contributed by atoms with E-state index in [-0.39, 0.29) is 0 Å². The van der Waals surface area contributed by atoms with Gasteiger partial charge in [0.05, 0.1) is 0 Å². The average molecular weight is 151 g/mol. The molecule has 0 spiro atoms. The number of fused-ring (bicyclic) bond motifs is 1. The molecule has 0 aromatic carbocycles. The molecule has 0 radical (unpaired) electrons. The number of nitrogens with zero attached hydrogens (tertiary/aromatic N) is 1. The number of rotatable bonds is 0. The minimum atomic E-state index is 0.856. The molecule has 1 saturated carbocycles. The molecule has 1 heteroatoms. The maximum Gasteiger partial charge on any atom is 0.0314 e.